The molecule has 0 fully saturated rings. The molecule has 5 nitrogen and oxygen atoms in total. The number of allylic oxidation sites excluding steroid dienone is 7. The smallest absolute Gasteiger partial charge is 0.322 e. The minimum absolute atomic E-state index is 0.119. The number of unbranched alkanes of at least 4 members (excludes halogenated alkanes) is 10. The van der Waals surface area contributed by atoms with Gasteiger partial charge in [-0.05, 0) is 18.9 Å². The molecule has 0 saturated carbocycles. The third-order valence-corrected chi connectivity index (χ3v) is 5.95. The Balaban J connectivity index is 3.81. The molecule has 0 aliphatic rings. The van der Waals surface area contributed by atoms with Crippen LogP contribution < -0.4 is 4.72 Å². The molecule has 0 aromatic carbocycles. The van der Waals surface area contributed by atoms with Crippen molar-refractivity contribution in [3.8, 4) is 0 Å². The van der Waals surface area contributed by atoms with Gasteiger partial charge in [0.2, 0.25) is 10.0 Å². The third kappa shape index (κ3) is 18.7. The van der Waals surface area contributed by atoms with Gasteiger partial charge in [0.1, 0.15) is 6.04 Å². The van der Waals surface area contributed by atoms with Crippen LogP contribution >= 0.6 is 12.6 Å². The monoisotopic (exact) mass is 457 g/mol. The van der Waals surface area contributed by atoms with Gasteiger partial charge >= 0.3 is 5.97 Å². The van der Waals surface area contributed by atoms with Crippen LogP contribution in [0.25, 0.3) is 0 Å². The van der Waals surface area contributed by atoms with Crippen LogP contribution in [0.3, 0.4) is 0 Å². The van der Waals surface area contributed by atoms with Crippen molar-refractivity contribution < 1.29 is 18.3 Å². The molecule has 0 aliphatic carbocycles. The van der Waals surface area contributed by atoms with E-state index in [4.69, 9.17) is 5.11 Å². The minimum atomic E-state index is -3.81. The van der Waals surface area contributed by atoms with Gasteiger partial charge in [-0.15, -0.1) is 0 Å². The molecule has 7 heteroatoms. The van der Waals surface area contributed by atoms with E-state index in [0.29, 0.717) is 0 Å². The van der Waals surface area contributed by atoms with Crippen LogP contribution in [0.2, 0.25) is 0 Å². The highest BCUT2D eigenvalue weighted by molar-refractivity contribution is 7.92. The second kappa shape index (κ2) is 19.6. The summed E-state index contributed by atoms with van der Waals surface area (Å²) in [6, 6.07) is -1.24. The summed E-state index contributed by atoms with van der Waals surface area (Å²) in [4.78, 5) is 10.8. The Morgan fingerprint density at radius 3 is 1.90 bits per heavy atom. The summed E-state index contributed by atoms with van der Waals surface area (Å²) in [5.74, 6) is -1.38. The predicted molar refractivity (Wildman–Crippen MR) is 130 cm³/mol. The molecule has 0 rings (SSSR count). The predicted octanol–water partition coefficient (Wildman–Crippen LogP) is 5.78. The fourth-order valence-corrected chi connectivity index (χ4v) is 4.06. The number of hydrogen-bond donors (Lipinski definition) is 3. The molecular weight excluding hydrogens is 418 g/mol. The number of carboxylic acids is 1. The van der Waals surface area contributed by atoms with E-state index in [-0.39, 0.29) is 5.75 Å². The van der Waals surface area contributed by atoms with Crippen molar-refractivity contribution in [2.45, 2.75) is 83.6 Å². The van der Waals surface area contributed by atoms with Gasteiger partial charge in [0.05, 0.1) is 0 Å². The summed E-state index contributed by atoms with van der Waals surface area (Å²) in [6.07, 6.45) is 26.9. The van der Waals surface area contributed by atoms with Gasteiger partial charge in [0.15, 0.2) is 0 Å². The van der Waals surface area contributed by atoms with E-state index < -0.39 is 22.0 Å². The van der Waals surface area contributed by atoms with E-state index in [0.717, 1.165) is 11.8 Å². The molecule has 0 aromatic heterocycles. The van der Waals surface area contributed by atoms with Crippen molar-refractivity contribution in [2.24, 2.45) is 0 Å². The average molecular weight is 458 g/mol. The van der Waals surface area contributed by atoms with Gasteiger partial charge in [-0.3, -0.25) is 4.79 Å². The largest absolute Gasteiger partial charge is 0.480 e. The quantitative estimate of drug-likeness (QED) is 0.130. The zero-order valence-electron chi connectivity index (χ0n) is 18.2. The summed E-state index contributed by atoms with van der Waals surface area (Å²) in [7, 11) is -3.81. The highest BCUT2D eigenvalue weighted by Crippen LogP contribution is 2.11. The molecule has 2 N–H and O–H groups in total. The van der Waals surface area contributed by atoms with Crippen molar-refractivity contribution in [1.29, 1.82) is 0 Å². The average Bonchev–Trinajstić information content (AvgIpc) is 2.71. The van der Waals surface area contributed by atoms with Crippen molar-refractivity contribution in [1.82, 2.24) is 4.72 Å². The van der Waals surface area contributed by atoms with E-state index in [1.165, 1.54) is 70.3 Å². The van der Waals surface area contributed by atoms with Crippen molar-refractivity contribution in [2.75, 3.05) is 5.75 Å². The first-order chi connectivity index (χ1) is 14.4. The normalized spacial score (nSPS) is 13.9. The van der Waals surface area contributed by atoms with E-state index in [2.05, 4.69) is 25.6 Å². The Morgan fingerprint density at radius 1 is 0.867 bits per heavy atom. The highest BCUT2D eigenvalue weighted by atomic mass is 32.2. The summed E-state index contributed by atoms with van der Waals surface area (Å²) < 4.78 is 25.5. The maximum atomic E-state index is 11.7. The number of carbonyl (C=O) groups is 1. The lowest BCUT2D eigenvalue weighted by molar-refractivity contribution is -0.138. The van der Waals surface area contributed by atoms with Gasteiger partial charge in [0, 0.05) is 11.2 Å². The van der Waals surface area contributed by atoms with Crippen LogP contribution in [0.4, 0.5) is 0 Å². The lowest BCUT2D eigenvalue weighted by Crippen LogP contribution is -2.41. The number of aliphatic carboxylic acids is 1. The Morgan fingerprint density at radius 2 is 1.37 bits per heavy atom. The summed E-state index contributed by atoms with van der Waals surface area (Å²) >= 11 is 3.82. The molecule has 0 spiro atoms. The summed E-state index contributed by atoms with van der Waals surface area (Å²) in [6.45, 7) is 2.25. The van der Waals surface area contributed by atoms with E-state index >= 15 is 0 Å². The molecule has 0 heterocycles. The Kier molecular flexibility index (Phi) is 18.8. The number of nitrogens with one attached hydrogen (secondary N) is 1. The first-order valence-corrected chi connectivity index (χ1v) is 13.1. The SMILES string of the molecule is CCCCCCCCCCCCC=CC=CC=CC=CS(=O)(=O)N[C@@H](CS)C(=O)O. The maximum Gasteiger partial charge on any atom is 0.322 e. The van der Waals surface area contributed by atoms with Crippen LogP contribution in [-0.4, -0.2) is 31.3 Å². The second-order valence-corrected chi connectivity index (χ2v) is 9.20. The molecule has 0 aliphatic heterocycles. The van der Waals surface area contributed by atoms with Gasteiger partial charge in [-0.1, -0.05) is 101 Å². The molecular formula is C23H39NO4S2. The number of rotatable bonds is 19. The first-order valence-electron chi connectivity index (χ1n) is 11.0. The molecule has 0 bridgehead atoms. The second-order valence-electron chi connectivity index (χ2n) is 7.23. The van der Waals surface area contributed by atoms with Crippen LogP contribution in [-0.2, 0) is 14.8 Å². The van der Waals surface area contributed by atoms with Gasteiger partial charge in [0.25, 0.3) is 0 Å². The van der Waals surface area contributed by atoms with Crippen LogP contribution in [0.15, 0.2) is 47.9 Å². The topological polar surface area (TPSA) is 83.5 Å². The lowest BCUT2D eigenvalue weighted by Gasteiger charge is -2.09. The maximum absolute atomic E-state index is 11.7. The zero-order chi connectivity index (χ0) is 22.5. The Hall–Kier alpha value is -1.31. The number of thiol groups is 1. The minimum Gasteiger partial charge on any atom is -0.480 e. The molecule has 172 valence electrons. The molecule has 0 saturated heterocycles. The van der Waals surface area contributed by atoms with Crippen molar-refractivity contribution >= 4 is 28.6 Å². The van der Waals surface area contributed by atoms with E-state index in [1.807, 2.05) is 23.0 Å². The Labute approximate surface area is 188 Å². The highest BCUT2D eigenvalue weighted by Gasteiger charge is 2.20. The van der Waals surface area contributed by atoms with E-state index in [9.17, 15) is 13.2 Å². The molecule has 1 atom stereocenters. The molecule has 0 aromatic rings. The van der Waals surface area contributed by atoms with Crippen LogP contribution in [0.1, 0.15) is 77.6 Å². The van der Waals surface area contributed by atoms with E-state index in [1.54, 1.807) is 12.2 Å². The lowest BCUT2D eigenvalue weighted by atomic mass is 10.1. The van der Waals surface area contributed by atoms with Crippen molar-refractivity contribution in [3.63, 3.8) is 0 Å². The first kappa shape index (κ1) is 28.7. The number of carboxylic acid groups (broad SMARTS) is 1. The third-order valence-electron chi connectivity index (χ3n) is 4.46. The molecule has 0 amide bonds. The van der Waals surface area contributed by atoms with Crippen molar-refractivity contribution in [3.05, 3.63) is 47.9 Å². The van der Waals surface area contributed by atoms with Gasteiger partial charge in [-0.25, -0.2) is 8.42 Å². The number of hydrogen-bond acceptors (Lipinski definition) is 4. The summed E-state index contributed by atoms with van der Waals surface area (Å²) in [5.41, 5.74) is 0. The number of sulfonamides is 1. The fraction of sp³-hybridized carbons (Fsp3) is 0.609. The molecule has 30 heavy (non-hydrogen) atoms. The van der Waals surface area contributed by atoms with Gasteiger partial charge < -0.3 is 5.11 Å². The zero-order valence-corrected chi connectivity index (χ0v) is 19.9. The fourth-order valence-electron chi connectivity index (χ4n) is 2.73. The van der Waals surface area contributed by atoms with Crippen LogP contribution in [0.5, 0.6) is 0 Å². The molecule has 0 unspecified atom stereocenters. The van der Waals surface area contributed by atoms with Gasteiger partial charge in [-0.2, -0.15) is 17.4 Å². The standard InChI is InChI=1S/C23H39NO4S2/c1-2-3-4-5-6-7-8-9-10-11-12-13-14-15-16-17-18-19-20-30(27,28)24-22(21-29)23(25)26/h13-20,22,24,29H,2-12,21H2,1H3,(H,25,26)/t22-/m0/s1. The summed E-state index contributed by atoms with van der Waals surface area (Å²) in [5, 5.41) is 9.76. The Bertz CT molecular complexity index is 652. The molecule has 0 radical (unpaired) electrons. The van der Waals surface area contributed by atoms with Crippen LogP contribution in [0, 0.1) is 0 Å².